The molecule has 4 rings (SSSR count). The Kier molecular flexibility index (Phi) is 6.97. The highest BCUT2D eigenvalue weighted by molar-refractivity contribution is 8.00. The van der Waals surface area contributed by atoms with Crippen LogP contribution >= 0.6 is 11.8 Å². The molecule has 10 heteroatoms. The van der Waals surface area contributed by atoms with Crippen molar-refractivity contribution in [2.24, 2.45) is 5.92 Å². The van der Waals surface area contributed by atoms with Gasteiger partial charge in [0.15, 0.2) is 5.16 Å². The van der Waals surface area contributed by atoms with E-state index >= 15 is 0 Å². The van der Waals surface area contributed by atoms with E-state index < -0.39 is 17.2 Å². The molecule has 3 amide bonds. The van der Waals surface area contributed by atoms with Crippen molar-refractivity contribution in [1.82, 2.24) is 24.5 Å². The zero-order valence-electron chi connectivity index (χ0n) is 19.2. The summed E-state index contributed by atoms with van der Waals surface area (Å²) in [4.78, 5) is 38.0. The summed E-state index contributed by atoms with van der Waals surface area (Å²) in [6, 6.07) is 15.5. The minimum Gasteiger partial charge on any atom is -0.308 e. The molecule has 176 valence electrons. The molecule has 0 fully saturated rings. The Morgan fingerprint density at radius 2 is 1.71 bits per heavy atom. The van der Waals surface area contributed by atoms with E-state index in [1.807, 2.05) is 24.3 Å². The van der Waals surface area contributed by atoms with Crippen LogP contribution in [0.25, 0.3) is 16.7 Å². The first kappa shape index (κ1) is 23.5. The molecule has 1 unspecified atom stereocenters. The molecular formula is C24H26N6O3S. The van der Waals surface area contributed by atoms with Gasteiger partial charge in [0.05, 0.1) is 16.2 Å². The number of hydrogen-bond acceptors (Lipinski definition) is 6. The summed E-state index contributed by atoms with van der Waals surface area (Å²) in [5.74, 6) is 0.384. The fraction of sp³-hybridized carbons (Fsp3) is 0.292. The number of carbonyl (C=O) groups excluding carboxylic acids is 2. The van der Waals surface area contributed by atoms with Crippen LogP contribution in [0.1, 0.15) is 27.2 Å². The number of carbonyl (C=O) groups is 2. The number of aryl methyl sites for hydroxylation is 1. The summed E-state index contributed by atoms with van der Waals surface area (Å²) in [6.45, 7) is 6.41. The van der Waals surface area contributed by atoms with Gasteiger partial charge in [-0.05, 0) is 43.5 Å². The standard InChI is InChI=1S/C24H26N6O3S/c1-15(2)13-14-29-21(32)18-11-7-8-12-19(18)30-23(29)27-28-24(30)34-16(3)20(31)26-22(33)25-17-9-5-4-6-10-17/h4-12,15-16H,13-14H2,1-3H3,(H2,25,26,31,33). The van der Waals surface area contributed by atoms with Crippen LogP contribution < -0.4 is 16.2 Å². The number of nitrogens with zero attached hydrogens (tertiary/aromatic N) is 4. The summed E-state index contributed by atoms with van der Waals surface area (Å²) >= 11 is 1.17. The van der Waals surface area contributed by atoms with E-state index in [0.29, 0.717) is 40.0 Å². The molecule has 0 bridgehead atoms. The summed E-state index contributed by atoms with van der Waals surface area (Å²) in [5.41, 5.74) is 1.14. The number of anilines is 1. The van der Waals surface area contributed by atoms with E-state index in [1.165, 1.54) is 11.8 Å². The molecule has 0 saturated carbocycles. The molecule has 2 N–H and O–H groups in total. The molecule has 2 aromatic heterocycles. The molecule has 34 heavy (non-hydrogen) atoms. The van der Waals surface area contributed by atoms with Crippen molar-refractivity contribution >= 4 is 46.1 Å². The third-order valence-electron chi connectivity index (χ3n) is 5.33. The van der Waals surface area contributed by atoms with Gasteiger partial charge < -0.3 is 5.32 Å². The van der Waals surface area contributed by atoms with Crippen molar-refractivity contribution in [3.63, 3.8) is 0 Å². The van der Waals surface area contributed by atoms with Gasteiger partial charge in [0, 0.05) is 12.2 Å². The molecule has 0 radical (unpaired) electrons. The Labute approximate surface area is 200 Å². The van der Waals surface area contributed by atoms with Crippen LogP contribution in [0.5, 0.6) is 0 Å². The second-order valence-electron chi connectivity index (χ2n) is 8.34. The van der Waals surface area contributed by atoms with Crippen LogP contribution in [0.15, 0.2) is 64.5 Å². The van der Waals surface area contributed by atoms with E-state index in [1.54, 1.807) is 46.2 Å². The van der Waals surface area contributed by atoms with Crippen molar-refractivity contribution in [1.29, 1.82) is 0 Å². The molecule has 4 aromatic rings. The van der Waals surface area contributed by atoms with Crippen molar-refractivity contribution in [2.75, 3.05) is 5.32 Å². The molecule has 2 aromatic carbocycles. The van der Waals surface area contributed by atoms with Crippen LogP contribution in [-0.4, -0.2) is 36.4 Å². The van der Waals surface area contributed by atoms with Gasteiger partial charge in [0.2, 0.25) is 11.7 Å². The van der Waals surface area contributed by atoms with E-state index in [9.17, 15) is 14.4 Å². The largest absolute Gasteiger partial charge is 0.325 e. The Morgan fingerprint density at radius 1 is 1.00 bits per heavy atom. The van der Waals surface area contributed by atoms with Crippen molar-refractivity contribution in [3.05, 3.63) is 65.0 Å². The highest BCUT2D eigenvalue weighted by atomic mass is 32.2. The lowest BCUT2D eigenvalue weighted by Gasteiger charge is -2.14. The molecule has 0 aliphatic heterocycles. The first-order valence-corrected chi connectivity index (χ1v) is 11.9. The molecule has 9 nitrogen and oxygen atoms in total. The average Bonchev–Trinajstić information content (AvgIpc) is 3.22. The van der Waals surface area contributed by atoms with E-state index in [-0.39, 0.29) is 5.56 Å². The lowest BCUT2D eigenvalue weighted by atomic mass is 10.1. The van der Waals surface area contributed by atoms with E-state index in [2.05, 4.69) is 34.7 Å². The maximum Gasteiger partial charge on any atom is 0.325 e. The van der Waals surface area contributed by atoms with Crippen molar-refractivity contribution in [2.45, 2.75) is 44.1 Å². The van der Waals surface area contributed by atoms with Crippen LogP contribution in [0.4, 0.5) is 10.5 Å². The highest BCUT2D eigenvalue weighted by Crippen LogP contribution is 2.25. The number of urea groups is 1. The Morgan fingerprint density at radius 3 is 2.44 bits per heavy atom. The molecule has 0 aliphatic rings. The number of para-hydroxylation sites is 2. The van der Waals surface area contributed by atoms with Gasteiger partial charge in [-0.2, -0.15) is 0 Å². The fourth-order valence-electron chi connectivity index (χ4n) is 3.51. The number of nitrogens with one attached hydrogen (secondary N) is 2. The second-order valence-corrected chi connectivity index (χ2v) is 9.65. The SMILES string of the molecule is CC(C)CCn1c(=O)c2ccccc2n2c(SC(C)C(=O)NC(=O)Nc3ccccc3)nnc12. The van der Waals surface area contributed by atoms with Gasteiger partial charge in [-0.1, -0.05) is 55.9 Å². The number of benzene rings is 2. The predicted molar refractivity (Wildman–Crippen MR) is 133 cm³/mol. The lowest BCUT2D eigenvalue weighted by Crippen LogP contribution is -2.38. The molecule has 1 atom stereocenters. The number of fused-ring (bicyclic) bond motifs is 3. The molecule has 0 aliphatic carbocycles. The molecule has 2 heterocycles. The van der Waals surface area contributed by atoms with Gasteiger partial charge in [0.1, 0.15) is 0 Å². The fourth-order valence-corrected chi connectivity index (χ4v) is 4.36. The molecule has 0 saturated heterocycles. The minimum atomic E-state index is -0.635. The Bertz CT molecular complexity index is 1400. The molecule has 0 spiro atoms. The van der Waals surface area contributed by atoms with Gasteiger partial charge in [-0.15, -0.1) is 10.2 Å². The van der Waals surface area contributed by atoms with Crippen LogP contribution in [0, 0.1) is 5.92 Å². The zero-order chi connectivity index (χ0) is 24.2. The maximum atomic E-state index is 13.1. The number of thioether (sulfide) groups is 1. The average molecular weight is 479 g/mol. The monoisotopic (exact) mass is 478 g/mol. The van der Waals surface area contributed by atoms with Gasteiger partial charge in [0.25, 0.3) is 5.56 Å². The summed E-state index contributed by atoms with van der Waals surface area (Å²) in [6.07, 6.45) is 0.818. The van der Waals surface area contributed by atoms with Crippen molar-refractivity contribution in [3.8, 4) is 0 Å². The third kappa shape index (κ3) is 4.96. The number of amides is 3. The van der Waals surface area contributed by atoms with Crippen LogP contribution in [-0.2, 0) is 11.3 Å². The normalized spacial score (nSPS) is 12.2. The topological polar surface area (TPSA) is 110 Å². The second kappa shape index (κ2) is 10.1. The van der Waals surface area contributed by atoms with E-state index in [4.69, 9.17) is 0 Å². The smallest absolute Gasteiger partial charge is 0.308 e. The minimum absolute atomic E-state index is 0.115. The van der Waals surface area contributed by atoms with Crippen LogP contribution in [0.3, 0.4) is 0 Å². The quantitative estimate of drug-likeness (QED) is 0.390. The third-order valence-corrected chi connectivity index (χ3v) is 6.37. The molecular weight excluding hydrogens is 452 g/mol. The zero-order valence-corrected chi connectivity index (χ0v) is 20.0. The van der Waals surface area contributed by atoms with Gasteiger partial charge in [-0.25, -0.2) is 4.79 Å². The first-order valence-electron chi connectivity index (χ1n) is 11.1. The van der Waals surface area contributed by atoms with Gasteiger partial charge >= 0.3 is 6.03 Å². The highest BCUT2D eigenvalue weighted by Gasteiger charge is 2.22. The summed E-state index contributed by atoms with van der Waals surface area (Å²) in [5, 5.41) is 13.9. The Hall–Kier alpha value is -3.66. The predicted octanol–water partition coefficient (Wildman–Crippen LogP) is 3.92. The number of aromatic nitrogens is 4. The summed E-state index contributed by atoms with van der Waals surface area (Å²) in [7, 11) is 0. The first-order chi connectivity index (χ1) is 16.3. The number of imide groups is 1. The van der Waals surface area contributed by atoms with Crippen LogP contribution in [0.2, 0.25) is 0 Å². The number of rotatable bonds is 7. The van der Waals surface area contributed by atoms with Gasteiger partial charge in [-0.3, -0.25) is 23.9 Å². The maximum absolute atomic E-state index is 13.1. The number of hydrogen-bond donors (Lipinski definition) is 2. The summed E-state index contributed by atoms with van der Waals surface area (Å²) < 4.78 is 3.44. The lowest BCUT2D eigenvalue weighted by molar-refractivity contribution is -0.119. The van der Waals surface area contributed by atoms with E-state index in [0.717, 1.165) is 6.42 Å². The van der Waals surface area contributed by atoms with Crippen molar-refractivity contribution < 1.29 is 9.59 Å². The Balaban J connectivity index is 1.60.